The average Bonchev–Trinajstić information content (AvgIpc) is 3.08. The smallest absolute Gasteiger partial charge is 0.340 e. The van der Waals surface area contributed by atoms with E-state index in [1.165, 1.54) is 0 Å². The molecule has 1 aromatic carbocycles. The Labute approximate surface area is 162 Å². The number of anilines is 2. The van der Waals surface area contributed by atoms with Crippen molar-refractivity contribution >= 4 is 22.5 Å². The Balaban J connectivity index is 2.02. The summed E-state index contributed by atoms with van der Waals surface area (Å²) in [5, 5.41) is 2.91. The largest absolute Gasteiger partial charge is 0.416 e. The van der Waals surface area contributed by atoms with Crippen LogP contribution in [0.3, 0.4) is 0 Å². The average molecular weight is 409 g/mol. The van der Waals surface area contributed by atoms with Crippen molar-refractivity contribution < 1.29 is 17.4 Å². The fourth-order valence-corrected chi connectivity index (χ4v) is 3.38. The van der Waals surface area contributed by atoms with Gasteiger partial charge in [-0.1, -0.05) is 6.92 Å². The van der Waals surface area contributed by atoms with Crippen molar-refractivity contribution in [2.75, 3.05) is 11.9 Å². The second-order valence-corrected chi connectivity index (χ2v) is 7.25. The van der Waals surface area contributed by atoms with Crippen LogP contribution in [-0.4, -0.2) is 25.3 Å². The Morgan fingerprint density at radius 1 is 1.18 bits per heavy atom. The molecule has 10 heteroatoms. The SMILES string of the molecule is CCNS(=O)c1ccc(Nc2cc(C(F)(F)F)ccn2)c(-c2cn(C)cn2)c1. The summed E-state index contributed by atoms with van der Waals surface area (Å²) < 4.78 is 55.7. The highest BCUT2D eigenvalue weighted by Gasteiger charge is 2.30. The number of hydrogen-bond acceptors (Lipinski definition) is 4. The predicted octanol–water partition coefficient (Wildman–Crippen LogP) is 3.88. The van der Waals surface area contributed by atoms with Gasteiger partial charge in [-0.15, -0.1) is 0 Å². The van der Waals surface area contributed by atoms with Gasteiger partial charge >= 0.3 is 6.18 Å². The van der Waals surface area contributed by atoms with Crippen LogP contribution in [0.2, 0.25) is 0 Å². The number of benzene rings is 1. The molecule has 28 heavy (non-hydrogen) atoms. The molecule has 2 heterocycles. The van der Waals surface area contributed by atoms with E-state index in [-0.39, 0.29) is 5.82 Å². The molecule has 3 aromatic rings. The van der Waals surface area contributed by atoms with Crippen LogP contribution in [-0.2, 0) is 24.2 Å². The second kappa shape index (κ2) is 8.11. The molecule has 0 radical (unpaired) electrons. The molecule has 2 N–H and O–H groups in total. The molecule has 2 aromatic heterocycles. The van der Waals surface area contributed by atoms with Crippen molar-refractivity contribution in [3.05, 3.63) is 54.6 Å². The van der Waals surface area contributed by atoms with E-state index in [0.717, 1.165) is 18.3 Å². The number of pyridine rings is 1. The van der Waals surface area contributed by atoms with Crippen LogP contribution in [0, 0.1) is 0 Å². The summed E-state index contributed by atoms with van der Waals surface area (Å²) in [6, 6.07) is 6.83. The quantitative estimate of drug-likeness (QED) is 0.648. The summed E-state index contributed by atoms with van der Waals surface area (Å²) in [5.41, 5.74) is 0.896. The molecule has 0 bridgehead atoms. The number of hydrogen-bond donors (Lipinski definition) is 2. The Morgan fingerprint density at radius 2 is 1.96 bits per heavy atom. The number of aryl methyl sites for hydroxylation is 1. The minimum Gasteiger partial charge on any atom is -0.340 e. The van der Waals surface area contributed by atoms with Gasteiger partial charge in [-0.05, 0) is 30.3 Å². The van der Waals surface area contributed by atoms with Gasteiger partial charge < -0.3 is 9.88 Å². The van der Waals surface area contributed by atoms with Gasteiger partial charge in [0.25, 0.3) is 0 Å². The lowest BCUT2D eigenvalue weighted by Crippen LogP contribution is -2.16. The van der Waals surface area contributed by atoms with Gasteiger partial charge in [0.05, 0.1) is 22.5 Å². The third kappa shape index (κ3) is 4.57. The zero-order valence-corrected chi connectivity index (χ0v) is 15.9. The Morgan fingerprint density at radius 3 is 2.61 bits per heavy atom. The van der Waals surface area contributed by atoms with E-state index < -0.39 is 22.7 Å². The third-order valence-electron chi connectivity index (χ3n) is 3.81. The lowest BCUT2D eigenvalue weighted by atomic mass is 10.1. The van der Waals surface area contributed by atoms with Gasteiger partial charge in [0.2, 0.25) is 0 Å². The van der Waals surface area contributed by atoms with Crippen molar-refractivity contribution in [2.45, 2.75) is 18.0 Å². The molecular formula is C18H18F3N5OS. The molecule has 0 aliphatic heterocycles. The van der Waals surface area contributed by atoms with Crippen LogP contribution in [0.15, 0.2) is 53.9 Å². The molecule has 0 spiro atoms. The molecule has 0 saturated heterocycles. The van der Waals surface area contributed by atoms with Crippen molar-refractivity contribution in [1.29, 1.82) is 0 Å². The second-order valence-electron chi connectivity index (χ2n) is 5.95. The first-order valence-corrected chi connectivity index (χ1v) is 9.51. The molecule has 1 atom stereocenters. The monoisotopic (exact) mass is 409 g/mol. The summed E-state index contributed by atoms with van der Waals surface area (Å²) in [6.45, 7) is 2.37. The number of rotatable bonds is 6. The van der Waals surface area contributed by atoms with Crippen molar-refractivity contribution in [3.8, 4) is 11.3 Å². The summed E-state index contributed by atoms with van der Waals surface area (Å²) in [4.78, 5) is 8.79. The standard InChI is InChI=1S/C18H18F3N5OS/c1-3-24-28(27)13-4-5-15(14(9-13)16-10-26(2)11-23-16)25-17-8-12(6-7-22-17)18(19,20)21/h4-11,24H,3H2,1-2H3,(H,22,25). The zero-order valence-electron chi connectivity index (χ0n) is 15.1. The van der Waals surface area contributed by atoms with Crippen LogP contribution < -0.4 is 10.0 Å². The third-order valence-corrected chi connectivity index (χ3v) is 5.04. The maximum atomic E-state index is 13.0. The predicted molar refractivity (Wildman–Crippen MR) is 101 cm³/mol. The number of alkyl halides is 3. The number of aromatic nitrogens is 3. The number of nitrogens with zero attached hydrogens (tertiary/aromatic N) is 3. The van der Waals surface area contributed by atoms with Gasteiger partial charge in [0.1, 0.15) is 16.8 Å². The maximum absolute atomic E-state index is 13.0. The molecule has 0 amide bonds. The summed E-state index contributed by atoms with van der Waals surface area (Å²) in [5.74, 6) is 0.0487. The van der Waals surface area contributed by atoms with Crippen LogP contribution in [0.25, 0.3) is 11.3 Å². The van der Waals surface area contributed by atoms with E-state index in [1.54, 1.807) is 42.3 Å². The van der Waals surface area contributed by atoms with Crippen molar-refractivity contribution in [3.63, 3.8) is 0 Å². The molecule has 148 valence electrons. The fraction of sp³-hybridized carbons (Fsp3) is 0.222. The van der Waals surface area contributed by atoms with Gasteiger partial charge in [-0.25, -0.2) is 18.9 Å². The molecule has 6 nitrogen and oxygen atoms in total. The Bertz CT molecular complexity index is 1000. The Hall–Kier alpha value is -2.72. The lowest BCUT2D eigenvalue weighted by molar-refractivity contribution is -0.137. The minimum absolute atomic E-state index is 0.0487. The minimum atomic E-state index is -4.46. The highest BCUT2D eigenvalue weighted by Crippen LogP contribution is 2.33. The molecule has 0 aliphatic carbocycles. The van der Waals surface area contributed by atoms with E-state index in [2.05, 4.69) is 20.0 Å². The van der Waals surface area contributed by atoms with Crippen LogP contribution >= 0.6 is 0 Å². The van der Waals surface area contributed by atoms with Crippen LogP contribution in [0.4, 0.5) is 24.7 Å². The highest BCUT2D eigenvalue weighted by atomic mass is 32.2. The molecule has 1 unspecified atom stereocenters. The van der Waals surface area contributed by atoms with E-state index in [4.69, 9.17) is 0 Å². The fourth-order valence-electron chi connectivity index (χ4n) is 2.54. The normalized spacial score (nSPS) is 12.8. The van der Waals surface area contributed by atoms with Crippen LogP contribution in [0.5, 0.6) is 0 Å². The molecule has 0 fully saturated rings. The summed E-state index contributed by atoms with van der Waals surface area (Å²) in [6.07, 6.45) is 0.00551. The molecular weight excluding hydrogens is 391 g/mol. The van der Waals surface area contributed by atoms with Crippen molar-refractivity contribution in [1.82, 2.24) is 19.3 Å². The van der Waals surface area contributed by atoms with Gasteiger partial charge in [-0.2, -0.15) is 13.2 Å². The topological polar surface area (TPSA) is 71.8 Å². The maximum Gasteiger partial charge on any atom is 0.416 e. The number of nitrogens with one attached hydrogen (secondary N) is 2. The van der Waals surface area contributed by atoms with E-state index >= 15 is 0 Å². The first-order chi connectivity index (χ1) is 13.3. The lowest BCUT2D eigenvalue weighted by Gasteiger charge is -2.14. The zero-order chi connectivity index (χ0) is 20.3. The Kier molecular flexibility index (Phi) is 5.80. The first kappa shape index (κ1) is 20.0. The summed E-state index contributed by atoms with van der Waals surface area (Å²) in [7, 11) is 0.397. The van der Waals surface area contributed by atoms with E-state index in [9.17, 15) is 17.4 Å². The number of imidazole rings is 1. The van der Waals surface area contributed by atoms with Gasteiger partial charge in [0, 0.05) is 37.2 Å². The molecule has 0 aliphatic rings. The molecule has 3 rings (SSSR count). The van der Waals surface area contributed by atoms with Crippen molar-refractivity contribution in [2.24, 2.45) is 7.05 Å². The van der Waals surface area contributed by atoms with E-state index in [0.29, 0.717) is 28.4 Å². The summed E-state index contributed by atoms with van der Waals surface area (Å²) >= 11 is 0. The molecule has 0 saturated carbocycles. The van der Waals surface area contributed by atoms with Crippen LogP contribution in [0.1, 0.15) is 12.5 Å². The van der Waals surface area contributed by atoms with E-state index in [1.807, 2.05) is 6.92 Å². The first-order valence-electron chi connectivity index (χ1n) is 8.36. The highest BCUT2D eigenvalue weighted by molar-refractivity contribution is 7.83. The van der Waals surface area contributed by atoms with Gasteiger partial charge in [0.15, 0.2) is 0 Å². The number of halogens is 3. The van der Waals surface area contributed by atoms with Gasteiger partial charge in [-0.3, -0.25) is 0 Å².